The predicted molar refractivity (Wildman–Crippen MR) is 52.5 cm³/mol. The fraction of sp³-hybridized carbons (Fsp3) is 0.500. The van der Waals surface area contributed by atoms with Gasteiger partial charge in [0.1, 0.15) is 5.03 Å². The van der Waals surface area contributed by atoms with E-state index in [1.54, 1.807) is 11.3 Å². The number of nitrogens with zero attached hydrogens (tertiary/aromatic N) is 2. The molecule has 2 aliphatic heterocycles. The molecule has 3 heterocycles. The van der Waals surface area contributed by atoms with E-state index in [1.807, 2.05) is 17.3 Å². The van der Waals surface area contributed by atoms with E-state index in [-0.39, 0.29) is 0 Å². The van der Waals surface area contributed by atoms with Crippen LogP contribution in [0.3, 0.4) is 0 Å². The van der Waals surface area contributed by atoms with Crippen molar-refractivity contribution in [2.75, 3.05) is 6.54 Å². The fourth-order valence-electron chi connectivity index (χ4n) is 1.75. The summed E-state index contributed by atoms with van der Waals surface area (Å²) in [6.45, 7) is 0.979. The van der Waals surface area contributed by atoms with E-state index in [0.717, 1.165) is 18.2 Å². The number of aromatic nitrogens is 1. The summed E-state index contributed by atoms with van der Waals surface area (Å²) in [4.78, 5) is 10.2. The average molecular weight is 196 g/mol. The molecule has 0 radical (unpaired) electrons. The van der Waals surface area contributed by atoms with Gasteiger partial charge in [-0.25, -0.2) is 4.98 Å². The number of thiazole rings is 1. The summed E-state index contributed by atoms with van der Waals surface area (Å²) < 4.78 is 0. The van der Waals surface area contributed by atoms with Crippen LogP contribution in [0.4, 0.5) is 0 Å². The van der Waals surface area contributed by atoms with Crippen LogP contribution in [-0.4, -0.2) is 23.0 Å². The van der Waals surface area contributed by atoms with Crippen molar-refractivity contribution in [1.82, 2.24) is 4.98 Å². The molecule has 0 aromatic carbocycles. The first-order valence-electron chi connectivity index (χ1n) is 4.03. The van der Waals surface area contributed by atoms with Crippen LogP contribution in [0.2, 0.25) is 0 Å². The summed E-state index contributed by atoms with van der Waals surface area (Å²) in [7, 11) is 0. The van der Waals surface area contributed by atoms with Gasteiger partial charge in [-0.1, -0.05) is 0 Å². The number of hydrogen-bond donors (Lipinski definition) is 0. The monoisotopic (exact) mass is 196 g/mol. The molecule has 0 spiro atoms. The van der Waals surface area contributed by atoms with E-state index in [9.17, 15) is 0 Å². The lowest BCUT2D eigenvalue weighted by molar-refractivity contribution is 0.667. The van der Waals surface area contributed by atoms with Crippen LogP contribution < -0.4 is 0 Å². The molecule has 0 bridgehead atoms. The maximum Gasteiger partial charge on any atom is 0.111 e. The molecule has 0 saturated heterocycles. The average Bonchev–Trinajstić information content (AvgIpc) is 2.62. The van der Waals surface area contributed by atoms with E-state index >= 15 is 0 Å². The molecule has 3 rings (SSSR count). The number of rotatable bonds is 0. The Morgan fingerprint density at radius 2 is 2.50 bits per heavy atom. The molecule has 1 aromatic rings. The molecule has 4 heteroatoms. The zero-order chi connectivity index (χ0) is 7.97. The quantitative estimate of drug-likeness (QED) is 0.635. The molecule has 2 unspecified atom stereocenters. The van der Waals surface area contributed by atoms with Crippen molar-refractivity contribution in [3.05, 3.63) is 10.4 Å². The van der Waals surface area contributed by atoms with Gasteiger partial charge in [0.15, 0.2) is 0 Å². The van der Waals surface area contributed by atoms with Crippen LogP contribution in [0.5, 0.6) is 0 Å². The Labute approximate surface area is 79.1 Å². The zero-order valence-corrected chi connectivity index (χ0v) is 8.07. The third kappa shape index (κ3) is 0.880. The van der Waals surface area contributed by atoms with Crippen molar-refractivity contribution in [2.45, 2.75) is 22.6 Å². The van der Waals surface area contributed by atoms with Gasteiger partial charge in [0, 0.05) is 22.6 Å². The molecular weight excluding hydrogens is 188 g/mol. The molecule has 0 aliphatic carbocycles. The van der Waals surface area contributed by atoms with E-state index < -0.39 is 0 Å². The molecule has 0 saturated carbocycles. The van der Waals surface area contributed by atoms with Gasteiger partial charge in [-0.05, 0) is 12.6 Å². The van der Waals surface area contributed by atoms with Crippen molar-refractivity contribution < 1.29 is 0 Å². The standard InChI is InChI=1S/C8H8N2S2/c1-2-9-3-5-6(1)12-8-7(5)11-4-10-8/h2,4-6H,1,3H2. The smallest absolute Gasteiger partial charge is 0.111 e. The summed E-state index contributed by atoms with van der Waals surface area (Å²) in [6, 6.07) is 0. The molecule has 0 N–H and O–H groups in total. The third-order valence-corrected chi connectivity index (χ3v) is 4.84. The summed E-state index contributed by atoms with van der Waals surface area (Å²) in [5, 5.41) is 2.00. The van der Waals surface area contributed by atoms with E-state index in [2.05, 4.69) is 16.2 Å². The van der Waals surface area contributed by atoms with Crippen molar-refractivity contribution in [3.8, 4) is 0 Å². The third-order valence-electron chi connectivity index (χ3n) is 2.38. The normalized spacial score (nSPS) is 31.7. The lowest BCUT2D eigenvalue weighted by Crippen LogP contribution is -2.17. The van der Waals surface area contributed by atoms with E-state index in [1.165, 1.54) is 9.90 Å². The van der Waals surface area contributed by atoms with Crippen molar-refractivity contribution in [2.24, 2.45) is 4.99 Å². The van der Waals surface area contributed by atoms with Crippen LogP contribution in [-0.2, 0) is 0 Å². The highest BCUT2D eigenvalue weighted by atomic mass is 32.2. The number of thioether (sulfide) groups is 1. The van der Waals surface area contributed by atoms with Gasteiger partial charge in [-0.3, -0.25) is 4.99 Å². The van der Waals surface area contributed by atoms with Gasteiger partial charge >= 0.3 is 0 Å². The summed E-state index contributed by atoms with van der Waals surface area (Å²) in [5.41, 5.74) is 1.95. The van der Waals surface area contributed by atoms with Crippen molar-refractivity contribution >= 4 is 29.3 Å². The van der Waals surface area contributed by atoms with Crippen LogP contribution in [0, 0.1) is 0 Å². The summed E-state index contributed by atoms with van der Waals surface area (Å²) in [6.07, 6.45) is 3.18. The Morgan fingerprint density at radius 1 is 1.50 bits per heavy atom. The van der Waals surface area contributed by atoms with Crippen LogP contribution in [0.1, 0.15) is 17.2 Å². The van der Waals surface area contributed by atoms with Gasteiger partial charge in [-0.2, -0.15) is 0 Å². The Bertz CT molecular complexity index is 332. The summed E-state index contributed by atoms with van der Waals surface area (Å²) >= 11 is 3.73. The highest BCUT2D eigenvalue weighted by Gasteiger charge is 2.36. The second kappa shape index (κ2) is 2.57. The molecule has 2 aliphatic rings. The molecule has 0 amide bonds. The second-order valence-electron chi connectivity index (χ2n) is 3.07. The van der Waals surface area contributed by atoms with E-state index in [4.69, 9.17) is 0 Å². The van der Waals surface area contributed by atoms with Crippen LogP contribution >= 0.6 is 23.1 Å². The largest absolute Gasteiger partial charge is 0.297 e. The first-order valence-corrected chi connectivity index (χ1v) is 5.79. The molecule has 2 atom stereocenters. The van der Waals surface area contributed by atoms with Crippen LogP contribution in [0.15, 0.2) is 15.5 Å². The van der Waals surface area contributed by atoms with Gasteiger partial charge in [-0.15, -0.1) is 23.1 Å². The van der Waals surface area contributed by atoms with Gasteiger partial charge in [0.05, 0.1) is 5.51 Å². The van der Waals surface area contributed by atoms with Crippen molar-refractivity contribution in [3.63, 3.8) is 0 Å². The highest BCUT2D eigenvalue weighted by Crippen LogP contribution is 2.48. The zero-order valence-electron chi connectivity index (χ0n) is 6.43. The first kappa shape index (κ1) is 7.09. The molecular formula is C8H8N2S2. The Hall–Kier alpha value is -0.350. The topological polar surface area (TPSA) is 25.2 Å². The van der Waals surface area contributed by atoms with E-state index in [0.29, 0.717) is 5.92 Å². The highest BCUT2D eigenvalue weighted by molar-refractivity contribution is 8.00. The van der Waals surface area contributed by atoms with Crippen LogP contribution in [0.25, 0.3) is 0 Å². The molecule has 2 nitrogen and oxygen atoms in total. The molecule has 0 fully saturated rings. The minimum absolute atomic E-state index is 0.669. The maximum atomic E-state index is 4.35. The lowest BCUT2D eigenvalue weighted by atomic mass is 10.0. The number of fused-ring (bicyclic) bond motifs is 3. The minimum Gasteiger partial charge on any atom is -0.297 e. The predicted octanol–water partition coefficient (Wildman–Crippen LogP) is 2.18. The van der Waals surface area contributed by atoms with Crippen molar-refractivity contribution in [1.29, 1.82) is 0 Å². The van der Waals surface area contributed by atoms with Gasteiger partial charge in [0.2, 0.25) is 0 Å². The maximum absolute atomic E-state index is 4.35. The van der Waals surface area contributed by atoms with Gasteiger partial charge in [0.25, 0.3) is 0 Å². The molecule has 62 valence electrons. The lowest BCUT2D eigenvalue weighted by Gasteiger charge is -2.18. The molecule has 1 aromatic heterocycles. The molecule has 12 heavy (non-hydrogen) atoms. The minimum atomic E-state index is 0.669. The SMILES string of the molecule is C1=NCC2c3scnc3SC2C1. The summed E-state index contributed by atoms with van der Waals surface area (Å²) in [5.74, 6) is 0.669. The first-order chi connectivity index (χ1) is 5.95. The Kier molecular flexibility index (Phi) is 1.52. The second-order valence-corrected chi connectivity index (χ2v) is 5.18. The fourth-order valence-corrected chi connectivity index (χ4v) is 4.27. The number of aliphatic imine (C=N–C) groups is 1. The van der Waals surface area contributed by atoms with Gasteiger partial charge < -0.3 is 0 Å². The Morgan fingerprint density at radius 3 is 3.50 bits per heavy atom. The Balaban J connectivity index is 2.04. The number of hydrogen-bond acceptors (Lipinski definition) is 4.